The summed E-state index contributed by atoms with van der Waals surface area (Å²) in [5, 5.41) is 3.35. The van der Waals surface area contributed by atoms with Crippen molar-refractivity contribution in [2.45, 2.75) is 19.0 Å². The Hall–Kier alpha value is -0.140. The van der Waals surface area contributed by atoms with Gasteiger partial charge >= 0.3 is 0 Å². The highest BCUT2D eigenvalue weighted by Crippen LogP contribution is 2.21. The number of hydrogen-bond acceptors (Lipinski definition) is 5. The Labute approximate surface area is 123 Å². The molecule has 0 amide bonds. The fourth-order valence-electron chi connectivity index (χ4n) is 2.22. The Bertz CT molecular complexity index is 516. The fraction of sp³-hybridized carbons (Fsp3) is 0.667. The number of hydrogen-bond donors (Lipinski definition) is 1. The summed E-state index contributed by atoms with van der Waals surface area (Å²) >= 11 is 7.44. The van der Waals surface area contributed by atoms with Gasteiger partial charge in [-0.3, -0.25) is 0 Å². The van der Waals surface area contributed by atoms with Gasteiger partial charge in [-0.05, 0) is 25.6 Å². The molecule has 1 N–H and O–H groups in total. The van der Waals surface area contributed by atoms with Crippen molar-refractivity contribution in [2.24, 2.45) is 0 Å². The predicted molar refractivity (Wildman–Crippen MR) is 80.7 cm³/mol. The highest BCUT2D eigenvalue weighted by Gasteiger charge is 2.30. The van der Waals surface area contributed by atoms with Crippen molar-refractivity contribution < 1.29 is 8.42 Å². The first-order valence-corrected chi connectivity index (χ1v) is 9.33. The largest absolute Gasteiger partial charge is 0.311 e. The van der Waals surface area contributed by atoms with Gasteiger partial charge in [0.15, 0.2) is 9.84 Å². The van der Waals surface area contributed by atoms with Crippen molar-refractivity contribution in [3.05, 3.63) is 21.3 Å². The molecule has 1 fully saturated rings. The summed E-state index contributed by atoms with van der Waals surface area (Å²) in [5.74, 6) is 0.646. The molecule has 0 aliphatic carbocycles. The summed E-state index contributed by atoms with van der Waals surface area (Å²) < 4.78 is 23.6. The lowest BCUT2D eigenvalue weighted by molar-refractivity contribution is 0.261. The number of nitrogens with zero attached hydrogens (tertiary/aromatic N) is 1. The van der Waals surface area contributed by atoms with Crippen LogP contribution in [0.2, 0.25) is 4.34 Å². The lowest BCUT2D eigenvalue weighted by atomic mass is 10.2. The first kappa shape index (κ1) is 15.3. The van der Waals surface area contributed by atoms with Gasteiger partial charge in [0.1, 0.15) is 0 Å². The Morgan fingerprint density at radius 3 is 2.89 bits per heavy atom. The average Bonchev–Trinajstić information content (AvgIpc) is 2.90. The highest BCUT2D eigenvalue weighted by molar-refractivity contribution is 7.91. The number of rotatable bonds is 6. The van der Waals surface area contributed by atoms with Crippen molar-refractivity contribution in [1.82, 2.24) is 10.2 Å². The van der Waals surface area contributed by atoms with E-state index in [-0.39, 0.29) is 6.04 Å². The van der Waals surface area contributed by atoms with Crippen molar-refractivity contribution in [3.8, 4) is 0 Å². The van der Waals surface area contributed by atoms with Gasteiger partial charge in [0.05, 0.1) is 15.8 Å². The fourth-order valence-corrected chi connectivity index (χ4v) is 5.08. The molecule has 1 saturated heterocycles. The Morgan fingerprint density at radius 1 is 1.53 bits per heavy atom. The molecule has 1 aromatic rings. The lowest BCUT2D eigenvalue weighted by Gasteiger charge is -2.22. The third-order valence-electron chi connectivity index (χ3n) is 3.40. The summed E-state index contributed by atoms with van der Waals surface area (Å²) in [4.78, 5) is 3.36. The van der Waals surface area contributed by atoms with Crippen molar-refractivity contribution in [1.29, 1.82) is 0 Å². The third-order valence-corrected chi connectivity index (χ3v) is 6.38. The number of nitrogens with one attached hydrogen (secondary N) is 1. The van der Waals surface area contributed by atoms with E-state index in [1.807, 2.05) is 19.2 Å². The van der Waals surface area contributed by atoms with E-state index >= 15 is 0 Å². The van der Waals surface area contributed by atoms with Gasteiger partial charge < -0.3 is 10.2 Å². The minimum Gasteiger partial charge on any atom is -0.311 e. The summed E-state index contributed by atoms with van der Waals surface area (Å²) in [6.45, 7) is 2.52. The van der Waals surface area contributed by atoms with Gasteiger partial charge in [-0.15, -0.1) is 11.3 Å². The number of thiophene rings is 1. The van der Waals surface area contributed by atoms with Gasteiger partial charge in [-0.1, -0.05) is 11.6 Å². The first-order chi connectivity index (χ1) is 8.96. The first-order valence-electron chi connectivity index (χ1n) is 6.32. The van der Waals surface area contributed by atoms with Crippen LogP contribution in [0.4, 0.5) is 0 Å². The normalized spacial score (nSPS) is 22.2. The summed E-state index contributed by atoms with van der Waals surface area (Å²) in [5.41, 5.74) is 0. The maximum atomic E-state index is 11.4. The molecule has 2 heterocycles. The number of likely N-dealkylation sites (N-methyl/N-ethyl adjacent to an activating group) is 1. The van der Waals surface area contributed by atoms with Crippen LogP contribution in [0.3, 0.4) is 0 Å². The van der Waals surface area contributed by atoms with Crippen LogP contribution in [0.5, 0.6) is 0 Å². The molecule has 0 bridgehead atoms. The number of halogens is 1. The summed E-state index contributed by atoms with van der Waals surface area (Å²) in [6.07, 6.45) is 0.763. The predicted octanol–water partition coefficient (Wildman–Crippen LogP) is 1.61. The quantitative estimate of drug-likeness (QED) is 0.808. The van der Waals surface area contributed by atoms with E-state index in [4.69, 9.17) is 11.6 Å². The van der Waals surface area contributed by atoms with Gasteiger partial charge in [0.2, 0.25) is 0 Å². The third kappa shape index (κ3) is 4.72. The second-order valence-electron chi connectivity index (χ2n) is 4.92. The van der Waals surface area contributed by atoms with E-state index in [0.29, 0.717) is 11.5 Å². The van der Waals surface area contributed by atoms with Crippen LogP contribution in [0.1, 0.15) is 11.3 Å². The Kier molecular flexibility index (Phi) is 5.25. The zero-order valence-corrected chi connectivity index (χ0v) is 13.3. The van der Waals surface area contributed by atoms with Gasteiger partial charge in [0, 0.05) is 30.6 Å². The average molecular weight is 323 g/mol. The van der Waals surface area contributed by atoms with Crippen LogP contribution in [0.15, 0.2) is 12.1 Å². The molecular weight excluding hydrogens is 304 g/mol. The highest BCUT2D eigenvalue weighted by atomic mass is 35.5. The van der Waals surface area contributed by atoms with Crippen LogP contribution in [0.25, 0.3) is 0 Å². The minimum absolute atomic E-state index is 0.183. The maximum Gasteiger partial charge on any atom is 0.151 e. The van der Waals surface area contributed by atoms with Gasteiger partial charge in [-0.2, -0.15) is 0 Å². The number of sulfone groups is 1. The van der Waals surface area contributed by atoms with Gasteiger partial charge in [0.25, 0.3) is 0 Å². The molecule has 2 rings (SSSR count). The summed E-state index contributed by atoms with van der Waals surface area (Å²) in [7, 11) is -0.791. The SMILES string of the molecule is CN(CCNCc1ccc(Cl)s1)C1CCS(=O)(=O)C1. The van der Waals surface area contributed by atoms with E-state index in [0.717, 1.165) is 30.4 Å². The molecule has 0 spiro atoms. The molecule has 0 radical (unpaired) electrons. The molecule has 19 heavy (non-hydrogen) atoms. The molecule has 1 unspecified atom stereocenters. The zero-order chi connectivity index (χ0) is 13.9. The molecule has 0 aromatic carbocycles. The smallest absolute Gasteiger partial charge is 0.151 e. The Balaban J connectivity index is 1.66. The molecule has 0 saturated carbocycles. The second kappa shape index (κ2) is 6.54. The Morgan fingerprint density at radius 2 is 2.32 bits per heavy atom. The molecular formula is C12H19ClN2O2S2. The monoisotopic (exact) mass is 322 g/mol. The van der Waals surface area contributed by atoms with Crippen molar-refractivity contribution in [2.75, 3.05) is 31.6 Å². The van der Waals surface area contributed by atoms with Crippen molar-refractivity contribution >= 4 is 32.8 Å². The van der Waals surface area contributed by atoms with E-state index in [1.165, 1.54) is 4.88 Å². The van der Waals surface area contributed by atoms with E-state index in [9.17, 15) is 8.42 Å². The van der Waals surface area contributed by atoms with Crippen LogP contribution in [-0.4, -0.2) is 51.0 Å². The standard InChI is InChI=1S/C12H19ClN2O2S2/c1-15(10-4-7-19(16,17)9-10)6-5-14-8-11-2-3-12(13)18-11/h2-3,10,14H,4-9H2,1H3. The zero-order valence-electron chi connectivity index (χ0n) is 10.9. The molecule has 108 valence electrons. The van der Waals surface area contributed by atoms with Crippen LogP contribution in [-0.2, 0) is 16.4 Å². The van der Waals surface area contributed by atoms with Crippen molar-refractivity contribution in [3.63, 3.8) is 0 Å². The van der Waals surface area contributed by atoms with E-state index < -0.39 is 9.84 Å². The molecule has 7 heteroatoms. The maximum absolute atomic E-state index is 11.4. The van der Waals surface area contributed by atoms with Gasteiger partial charge in [-0.25, -0.2) is 8.42 Å². The molecule has 4 nitrogen and oxygen atoms in total. The molecule has 1 atom stereocenters. The van der Waals surface area contributed by atoms with Crippen LogP contribution < -0.4 is 5.32 Å². The second-order valence-corrected chi connectivity index (χ2v) is 8.95. The lowest BCUT2D eigenvalue weighted by Crippen LogP contribution is -2.37. The minimum atomic E-state index is -2.79. The molecule has 1 aromatic heterocycles. The molecule has 1 aliphatic rings. The van der Waals surface area contributed by atoms with E-state index in [1.54, 1.807) is 11.3 Å². The molecule has 1 aliphatic heterocycles. The van der Waals surface area contributed by atoms with Crippen LogP contribution >= 0.6 is 22.9 Å². The van der Waals surface area contributed by atoms with Crippen LogP contribution in [0, 0.1) is 0 Å². The summed E-state index contributed by atoms with van der Waals surface area (Å²) in [6, 6.07) is 4.11. The van der Waals surface area contributed by atoms with E-state index in [2.05, 4.69) is 10.2 Å². The topological polar surface area (TPSA) is 49.4 Å².